The molecular weight excluding hydrogens is 471 g/mol. The van der Waals surface area contributed by atoms with Crippen molar-refractivity contribution in [1.82, 2.24) is 5.32 Å². The van der Waals surface area contributed by atoms with Crippen LogP contribution in [0.25, 0.3) is 0 Å². The lowest BCUT2D eigenvalue weighted by molar-refractivity contribution is -0.119. The topological polar surface area (TPSA) is 84.9 Å². The molecule has 3 aromatic rings. The Kier molecular flexibility index (Phi) is 6.71. The van der Waals surface area contributed by atoms with E-state index < -0.39 is 28.3 Å². The molecule has 0 unspecified atom stereocenters. The van der Waals surface area contributed by atoms with Gasteiger partial charge >= 0.3 is 0 Å². The molecular formula is C23H20ClFN2O5S. The van der Waals surface area contributed by atoms with Gasteiger partial charge in [0.1, 0.15) is 25.6 Å². The first kappa shape index (κ1) is 22.9. The number of halogens is 2. The number of nitrogens with zero attached hydrogens (tertiary/aromatic N) is 1. The molecule has 1 heterocycles. The number of rotatable bonds is 7. The second-order valence-electron chi connectivity index (χ2n) is 7.16. The predicted octanol–water partition coefficient (Wildman–Crippen LogP) is 3.76. The number of hydrogen-bond donors (Lipinski definition) is 1. The van der Waals surface area contributed by atoms with Crippen LogP contribution in [0, 0.1) is 5.82 Å². The highest BCUT2D eigenvalue weighted by Crippen LogP contribution is 2.34. The van der Waals surface area contributed by atoms with E-state index in [1.165, 1.54) is 30.3 Å². The molecule has 0 saturated carbocycles. The molecule has 1 aliphatic rings. The van der Waals surface area contributed by atoms with E-state index in [2.05, 4.69) is 5.32 Å². The summed E-state index contributed by atoms with van der Waals surface area (Å²) in [6, 6.07) is 16.1. The zero-order valence-corrected chi connectivity index (χ0v) is 18.9. The normalized spacial score (nSPS) is 12.8. The maximum Gasteiger partial charge on any atom is 0.264 e. The number of anilines is 1. The summed E-state index contributed by atoms with van der Waals surface area (Å²) in [7, 11) is -4.20. The van der Waals surface area contributed by atoms with E-state index in [4.69, 9.17) is 21.1 Å². The molecule has 3 aromatic carbocycles. The third kappa shape index (κ3) is 5.20. The van der Waals surface area contributed by atoms with Crippen LogP contribution in [0.2, 0.25) is 5.02 Å². The van der Waals surface area contributed by atoms with Gasteiger partial charge in [0.15, 0.2) is 11.5 Å². The van der Waals surface area contributed by atoms with Gasteiger partial charge in [-0.2, -0.15) is 0 Å². The van der Waals surface area contributed by atoms with Crippen molar-refractivity contribution in [2.45, 2.75) is 11.4 Å². The van der Waals surface area contributed by atoms with Crippen LogP contribution >= 0.6 is 11.6 Å². The Morgan fingerprint density at radius 3 is 2.42 bits per heavy atom. The van der Waals surface area contributed by atoms with Crippen LogP contribution in [0.3, 0.4) is 0 Å². The van der Waals surface area contributed by atoms with Crippen molar-refractivity contribution in [3.63, 3.8) is 0 Å². The second kappa shape index (κ2) is 9.68. The summed E-state index contributed by atoms with van der Waals surface area (Å²) in [5, 5.41) is 3.16. The lowest BCUT2D eigenvalue weighted by Gasteiger charge is -2.25. The molecule has 4 rings (SSSR count). The number of hydrogen-bond acceptors (Lipinski definition) is 5. The molecule has 0 spiro atoms. The molecule has 1 aliphatic heterocycles. The fraction of sp³-hybridized carbons (Fsp3) is 0.174. The summed E-state index contributed by atoms with van der Waals surface area (Å²) in [6.45, 7) is 0.266. The van der Waals surface area contributed by atoms with Crippen LogP contribution in [0.4, 0.5) is 10.1 Å². The standard InChI is InChI=1S/C23H20ClFN2O5S/c24-20-4-2-1-3-16(20)14-26-23(28)15-27(18-7-5-17(25)6-8-18)33(29,30)19-9-10-21-22(13-19)32-12-11-31-21/h1-10,13H,11-12,14-15H2,(H,26,28). The first-order valence-electron chi connectivity index (χ1n) is 10.0. The van der Waals surface area contributed by atoms with Gasteiger partial charge in [-0.1, -0.05) is 29.8 Å². The van der Waals surface area contributed by atoms with Crippen LogP contribution in [0.15, 0.2) is 71.6 Å². The van der Waals surface area contributed by atoms with E-state index in [0.717, 1.165) is 16.4 Å². The van der Waals surface area contributed by atoms with Gasteiger partial charge in [-0.05, 0) is 48.0 Å². The van der Waals surface area contributed by atoms with Crippen molar-refractivity contribution in [3.05, 3.63) is 83.1 Å². The maximum absolute atomic E-state index is 13.5. The van der Waals surface area contributed by atoms with Gasteiger partial charge < -0.3 is 14.8 Å². The molecule has 1 amide bonds. The van der Waals surface area contributed by atoms with Crippen molar-refractivity contribution >= 4 is 33.2 Å². The van der Waals surface area contributed by atoms with E-state index in [9.17, 15) is 17.6 Å². The lowest BCUT2D eigenvalue weighted by Crippen LogP contribution is -2.40. The molecule has 0 aliphatic carbocycles. The Balaban J connectivity index is 1.61. The highest BCUT2D eigenvalue weighted by Gasteiger charge is 2.29. The number of carbonyl (C=O) groups is 1. The predicted molar refractivity (Wildman–Crippen MR) is 122 cm³/mol. The molecule has 33 heavy (non-hydrogen) atoms. The number of fused-ring (bicyclic) bond motifs is 1. The quantitative estimate of drug-likeness (QED) is 0.545. The smallest absolute Gasteiger partial charge is 0.264 e. The van der Waals surface area contributed by atoms with Crippen LogP contribution in [-0.2, 0) is 21.4 Å². The fourth-order valence-corrected chi connectivity index (χ4v) is 4.90. The summed E-state index contributed by atoms with van der Waals surface area (Å²) < 4.78 is 52.3. The average molecular weight is 491 g/mol. The first-order valence-corrected chi connectivity index (χ1v) is 11.8. The maximum atomic E-state index is 13.5. The first-order chi connectivity index (χ1) is 15.8. The average Bonchev–Trinajstić information content (AvgIpc) is 2.82. The van der Waals surface area contributed by atoms with Gasteiger partial charge in [0.2, 0.25) is 5.91 Å². The zero-order valence-electron chi connectivity index (χ0n) is 17.3. The van der Waals surface area contributed by atoms with Crippen molar-refractivity contribution < 1.29 is 27.1 Å². The van der Waals surface area contributed by atoms with Gasteiger partial charge in [0, 0.05) is 17.6 Å². The Morgan fingerprint density at radius 2 is 1.70 bits per heavy atom. The molecule has 10 heteroatoms. The Hall–Kier alpha value is -3.30. The molecule has 7 nitrogen and oxygen atoms in total. The molecule has 1 N–H and O–H groups in total. The van der Waals surface area contributed by atoms with E-state index in [1.807, 2.05) is 0 Å². The minimum absolute atomic E-state index is 0.0880. The summed E-state index contributed by atoms with van der Waals surface area (Å²) in [6.07, 6.45) is 0. The minimum atomic E-state index is -4.20. The number of amides is 1. The molecule has 0 saturated heterocycles. The molecule has 0 bridgehead atoms. The monoisotopic (exact) mass is 490 g/mol. The van der Waals surface area contributed by atoms with E-state index in [0.29, 0.717) is 35.3 Å². The number of benzene rings is 3. The Labute approximate surface area is 195 Å². The van der Waals surface area contributed by atoms with Crippen molar-refractivity contribution in [3.8, 4) is 11.5 Å². The third-order valence-corrected chi connectivity index (χ3v) is 7.08. The van der Waals surface area contributed by atoms with Gasteiger partial charge in [0.05, 0.1) is 10.6 Å². The van der Waals surface area contributed by atoms with E-state index in [1.54, 1.807) is 24.3 Å². The highest BCUT2D eigenvalue weighted by atomic mass is 35.5. The molecule has 172 valence electrons. The Morgan fingerprint density at radius 1 is 1.00 bits per heavy atom. The summed E-state index contributed by atoms with van der Waals surface area (Å²) in [5.74, 6) is -0.352. The van der Waals surface area contributed by atoms with Crippen LogP contribution in [-0.4, -0.2) is 34.1 Å². The van der Waals surface area contributed by atoms with Gasteiger partial charge in [0.25, 0.3) is 10.0 Å². The highest BCUT2D eigenvalue weighted by molar-refractivity contribution is 7.92. The zero-order chi connectivity index (χ0) is 23.4. The van der Waals surface area contributed by atoms with E-state index >= 15 is 0 Å². The molecule has 0 aromatic heterocycles. The van der Waals surface area contributed by atoms with Crippen LogP contribution in [0.1, 0.15) is 5.56 Å². The molecule has 0 radical (unpaired) electrons. The van der Waals surface area contributed by atoms with E-state index in [-0.39, 0.29) is 17.1 Å². The van der Waals surface area contributed by atoms with Crippen molar-refractivity contribution in [1.29, 1.82) is 0 Å². The lowest BCUT2D eigenvalue weighted by atomic mass is 10.2. The van der Waals surface area contributed by atoms with Gasteiger partial charge in [-0.15, -0.1) is 0 Å². The Bertz CT molecular complexity index is 1270. The third-order valence-electron chi connectivity index (χ3n) is 4.94. The SMILES string of the molecule is O=C(CN(c1ccc(F)cc1)S(=O)(=O)c1ccc2c(c1)OCCO2)NCc1ccccc1Cl. The fourth-order valence-electron chi connectivity index (χ4n) is 3.26. The molecule has 0 atom stereocenters. The van der Waals surface area contributed by atoms with Crippen molar-refractivity contribution in [2.24, 2.45) is 0 Å². The number of sulfonamides is 1. The molecule has 0 fully saturated rings. The number of nitrogens with one attached hydrogen (secondary N) is 1. The van der Waals surface area contributed by atoms with Crippen LogP contribution < -0.4 is 19.1 Å². The largest absolute Gasteiger partial charge is 0.486 e. The van der Waals surface area contributed by atoms with Crippen LogP contribution in [0.5, 0.6) is 11.5 Å². The van der Waals surface area contributed by atoms with Gasteiger partial charge in [-0.25, -0.2) is 12.8 Å². The number of ether oxygens (including phenoxy) is 2. The summed E-state index contributed by atoms with van der Waals surface area (Å²) in [5.41, 5.74) is 0.828. The summed E-state index contributed by atoms with van der Waals surface area (Å²) in [4.78, 5) is 12.6. The minimum Gasteiger partial charge on any atom is -0.486 e. The van der Waals surface area contributed by atoms with Gasteiger partial charge in [-0.3, -0.25) is 9.10 Å². The second-order valence-corrected chi connectivity index (χ2v) is 9.43. The summed E-state index contributed by atoms with van der Waals surface area (Å²) >= 11 is 6.12. The van der Waals surface area contributed by atoms with Crippen molar-refractivity contribution in [2.75, 3.05) is 24.1 Å². The number of carbonyl (C=O) groups excluding carboxylic acids is 1.